The van der Waals surface area contributed by atoms with Crippen molar-refractivity contribution in [2.75, 3.05) is 6.61 Å². The highest BCUT2D eigenvalue weighted by molar-refractivity contribution is 7.52. The van der Waals surface area contributed by atoms with Crippen LogP contribution in [0.5, 0.6) is 5.75 Å². The van der Waals surface area contributed by atoms with Gasteiger partial charge >= 0.3 is 19.4 Å². The van der Waals surface area contributed by atoms with Crippen molar-refractivity contribution in [1.29, 1.82) is 0 Å². The maximum absolute atomic E-state index is 15.0. The van der Waals surface area contributed by atoms with E-state index >= 15 is 4.39 Å². The number of aliphatic hydroxyl groups is 1. The summed E-state index contributed by atoms with van der Waals surface area (Å²) in [5, 5.41) is 12.7. The molecule has 1 saturated heterocycles. The first-order valence-electron chi connectivity index (χ1n) is 11.3. The number of para-hydroxylation sites is 1. The number of esters is 1. The van der Waals surface area contributed by atoms with Gasteiger partial charge in [-0.05, 0) is 32.9 Å². The van der Waals surface area contributed by atoms with Crippen molar-refractivity contribution in [3.8, 4) is 5.75 Å². The first-order valence-corrected chi connectivity index (χ1v) is 12.9. The summed E-state index contributed by atoms with van der Waals surface area (Å²) < 4.78 is 78.4. The van der Waals surface area contributed by atoms with Crippen molar-refractivity contribution < 1.29 is 46.2 Å². The molecule has 0 aliphatic carbocycles. The average molecular weight is 565 g/mol. The van der Waals surface area contributed by atoms with Crippen LogP contribution in [0, 0.1) is 0 Å². The van der Waals surface area contributed by atoms with Gasteiger partial charge < -0.3 is 19.1 Å². The highest BCUT2D eigenvalue weighted by Gasteiger charge is 2.62. The Morgan fingerprint density at radius 1 is 1.24 bits per heavy atom. The second-order valence-corrected chi connectivity index (χ2v) is 10.4. The Hall–Kier alpha value is -2.97. The number of halogens is 3. The quantitative estimate of drug-likeness (QED) is 0.271. The van der Waals surface area contributed by atoms with Crippen molar-refractivity contribution in [3.63, 3.8) is 0 Å². The summed E-state index contributed by atoms with van der Waals surface area (Å²) in [6.07, 6.45) is -10.6. The molecule has 2 aromatic rings. The number of rotatable bonds is 11. The van der Waals surface area contributed by atoms with Gasteiger partial charge in [0.1, 0.15) is 17.9 Å². The van der Waals surface area contributed by atoms with Crippen LogP contribution in [0.3, 0.4) is 0 Å². The molecule has 0 saturated carbocycles. The van der Waals surface area contributed by atoms with Gasteiger partial charge in [0, 0.05) is 12.3 Å². The number of carbonyl (C=O) groups excluding carboxylic acids is 1. The number of benzene rings is 1. The van der Waals surface area contributed by atoms with E-state index < -0.39 is 74.2 Å². The first-order chi connectivity index (χ1) is 17.8. The first kappa shape index (κ1) is 29.6. The third-order valence-corrected chi connectivity index (χ3v) is 7.02. The zero-order valence-electron chi connectivity index (χ0n) is 20.5. The zero-order valence-corrected chi connectivity index (χ0v) is 21.3. The van der Waals surface area contributed by atoms with E-state index in [9.17, 15) is 32.8 Å². The van der Waals surface area contributed by atoms with Crippen LogP contribution < -0.4 is 20.9 Å². The van der Waals surface area contributed by atoms with Crippen LogP contribution in [-0.4, -0.2) is 63.7 Å². The molecule has 210 valence electrons. The molecular formula is C22H27F3N3O9P. The lowest BCUT2D eigenvalue weighted by atomic mass is 9.97. The molecule has 16 heteroatoms. The number of alkyl halides is 3. The van der Waals surface area contributed by atoms with Gasteiger partial charge in [0.25, 0.3) is 12.0 Å². The van der Waals surface area contributed by atoms with E-state index in [0.29, 0.717) is 4.57 Å². The number of nitrogens with one attached hydrogen (secondary N) is 2. The lowest BCUT2D eigenvalue weighted by Gasteiger charge is -2.32. The zero-order chi connectivity index (χ0) is 28.3. The van der Waals surface area contributed by atoms with Gasteiger partial charge in [-0.1, -0.05) is 18.2 Å². The molecule has 0 amide bonds. The van der Waals surface area contributed by atoms with E-state index in [-0.39, 0.29) is 5.75 Å². The number of carbonyl (C=O) groups is 1. The smallest absolute Gasteiger partial charge is 0.459 e. The van der Waals surface area contributed by atoms with Crippen LogP contribution in [0.4, 0.5) is 13.2 Å². The molecule has 6 atom stereocenters. The number of hydrogen-bond donors (Lipinski definition) is 3. The summed E-state index contributed by atoms with van der Waals surface area (Å²) >= 11 is 0. The number of H-pyrrole nitrogens is 1. The molecule has 0 bridgehead atoms. The summed E-state index contributed by atoms with van der Waals surface area (Å²) in [5.41, 5.74) is -5.14. The summed E-state index contributed by atoms with van der Waals surface area (Å²) in [4.78, 5) is 37.5. The van der Waals surface area contributed by atoms with Crippen molar-refractivity contribution in [1.82, 2.24) is 14.6 Å². The maximum Gasteiger partial charge on any atom is 0.459 e. The Morgan fingerprint density at radius 2 is 1.89 bits per heavy atom. The van der Waals surface area contributed by atoms with E-state index in [2.05, 4.69) is 5.09 Å². The van der Waals surface area contributed by atoms with Crippen LogP contribution in [0.25, 0.3) is 0 Å². The summed E-state index contributed by atoms with van der Waals surface area (Å²) in [6.45, 7) is 3.01. The molecular weight excluding hydrogens is 538 g/mol. The second-order valence-electron chi connectivity index (χ2n) is 8.68. The fourth-order valence-corrected chi connectivity index (χ4v) is 5.04. The Balaban J connectivity index is 1.90. The van der Waals surface area contributed by atoms with E-state index in [4.69, 9.17) is 18.5 Å². The minimum atomic E-state index is -4.70. The minimum absolute atomic E-state index is 0.0345. The molecule has 6 unspecified atom stereocenters. The fraction of sp³-hybridized carbons (Fsp3) is 0.500. The fourth-order valence-electron chi connectivity index (χ4n) is 3.51. The highest BCUT2D eigenvalue weighted by Crippen LogP contribution is 2.49. The molecule has 2 heterocycles. The van der Waals surface area contributed by atoms with Gasteiger partial charge in [0.15, 0.2) is 18.0 Å². The van der Waals surface area contributed by atoms with E-state index in [1.165, 1.54) is 31.2 Å². The second kappa shape index (κ2) is 11.8. The van der Waals surface area contributed by atoms with Crippen molar-refractivity contribution in [2.45, 2.75) is 63.4 Å². The maximum atomic E-state index is 15.0. The van der Waals surface area contributed by atoms with Gasteiger partial charge in [-0.25, -0.2) is 22.5 Å². The molecule has 1 aromatic carbocycles. The van der Waals surface area contributed by atoms with E-state index in [0.717, 1.165) is 12.3 Å². The van der Waals surface area contributed by atoms with Crippen LogP contribution in [0.2, 0.25) is 0 Å². The van der Waals surface area contributed by atoms with Crippen LogP contribution in [-0.2, 0) is 23.4 Å². The lowest BCUT2D eigenvalue weighted by molar-refractivity contribution is -0.192. The minimum Gasteiger partial charge on any atom is -0.462 e. The summed E-state index contributed by atoms with van der Waals surface area (Å²) in [7, 11) is -4.70. The lowest BCUT2D eigenvalue weighted by Crippen LogP contribution is -2.52. The number of ether oxygens (including phenoxy) is 2. The molecule has 3 rings (SSSR count). The van der Waals surface area contributed by atoms with Gasteiger partial charge in [-0.15, -0.1) is 0 Å². The molecule has 0 radical (unpaired) electrons. The molecule has 3 N–H and O–H groups in total. The predicted octanol–water partition coefficient (Wildman–Crippen LogP) is 1.90. The third kappa shape index (κ3) is 6.53. The standard InChI is InChI=1S/C22H27F3N3O9P/c1-12(2)35-19(31)13(3)27-38(33,37-14-7-5-4-6-8-14)34-11-22(20(24)25)17(30)16(23)18(36-22)28-10-9-15(29)26-21(28)32/h4-10,12-13,16-18,20,30H,11H2,1-3H3,(H,27,33)(H,26,29,32). The number of nitrogens with zero attached hydrogens (tertiary/aromatic N) is 1. The van der Waals surface area contributed by atoms with E-state index in [1.807, 2.05) is 4.98 Å². The third-order valence-electron chi connectivity index (χ3n) is 5.40. The van der Waals surface area contributed by atoms with Gasteiger partial charge in [0.05, 0.1) is 12.7 Å². The Morgan fingerprint density at radius 3 is 2.47 bits per heavy atom. The number of aromatic amines is 1. The molecule has 1 fully saturated rings. The molecule has 0 spiro atoms. The number of aromatic nitrogens is 2. The van der Waals surface area contributed by atoms with E-state index in [1.54, 1.807) is 19.9 Å². The Bertz CT molecular complexity index is 1280. The molecule has 1 aromatic heterocycles. The number of hydrogen-bond acceptors (Lipinski definition) is 9. The molecule has 1 aliphatic heterocycles. The average Bonchev–Trinajstić information content (AvgIpc) is 3.09. The highest BCUT2D eigenvalue weighted by atomic mass is 31.2. The van der Waals surface area contributed by atoms with Crippen molar-refractivity contribution in [2.24, 2.45) is 0 Å². The van der Waals surface area contributed by atoms with Crippen LogP contribution in [0.15, 0.2) is 52.2 Å². The number of aliphatic hydroxyl groups excluding tert-OH is 1. The normalized spacial score (nSPS) is 25.8. The van der Waals surface area contributed by atoms with Gasteiger partial charge in [-0.2, -0.15) is 5.09 Å². The van der Waals surface area contributed by atoms with Crippen LogP contribution in [0.1, 0.15) is 27.0 Å². The largest absolute Gasteiger partial charge is 0.462 e. The van der Waals surface area contributed by atoms with Gasteiger partial charge in [0.2, 0.25) is 0 Å². The Labute approximate surface area is 214 Å². The summed E-state index contributed by atoms with van der Waals surface area (Å²) in [6, 6.07) is 6.89. The predicted molar refractivity (Wildman–Crippen MR) is 126 cm³/mol. The molecule has 38 heavy (non-hydrogen) atoms. The van der Waals surface area contributed by atoms with Crippen molar-refractivity contribution in [3.05, 3.63) is 63.4 Å². The topological polar surface area (TPSA) is 158 Å². The van der Waals surface area contributed by atoms with Gasteiger partial charge in [-0.3, -0.25) is 23.7 Å². The van der Waals surface area contributed by atoms with Crippen molar-refractivity contribution >= 4 is 13.7 Å². The molecule has 1 aliphatic rings. The monoisotopic (exact) mass is 565 g/mol. The SMILES string of the molecule is CC(C)OC(=O)C(C)NP(=O)(OCC1(C(F)F)OC(n2ccc(=O)[nH]c2=O)C(F)C1O)Oc1ccccc1. The van der Waals surface area contributed by atoms with Crippen LogP contribution >= 0.6 is 7.75 Å². The molecule has 12 nitrogen and oxygen atoms in total. The Kier molecular flexibility index (Phi) is 9.21. The summed E-state index contributed by atoms with van der Waals surface area (Å²) in [5.74, 6) is -0.893.